The number of nitro benzene ring substituents is 1. The third kappa shape index (κ3) is 4.21. The summed E-state index contributed by atoms with van der Waals surface area (Å²) in [6, 6.07) is 9.68. The number of nitrogens with zero attached hydrogens (tertiary/aromatic N) is 3. The van der Waals surface area contributed by atoms with E-state index in [-0.39, 0.29) is 29.4 Å². The predicted molar refractivity (Wildman–Crippen MR) is 125 cm³/mol. The van der Waals surface area contributed by atoms with E-state index in [0.717, 1.165) is 0 Å². The van der Waals surface area contributed by atoms with E-state index >= 15 is 0 Å². The molecule has 178 valence electrons. The van der Waals surface area contributed by atoms with Gasteiger partial charge in [-0.1, -0.05) is 11.6 Å². The molecule has 34 heavy (non-hydrogen) atoms. The summed E-state index contributed by atoms with van der Waals surface area (Å²) < 4.78 is 11.6. The third-order valence-electron chi connectivity index (χ3n) is 6.78. The molecule has 2 fully saturated rings. The molecule has 5 rings (SSSR count). The van der Waals surface area contributed by atoms with Crippen LogP contribution in [0.2, 0.25) is 5.02 Å². The number of carbonyl (C=O) groups excluding carboxylic acids is 2. The van der Waals surface area contributed by atoms with Crippen molar-refractivity contribution in [1.29, 1.82) is 0 Å². The van der Waals surface area contributed by atoms with Gasteiger partial charge in [-0.3, -0.25) is 19.7 Å². The summed E-state index contributed by atoms with van der Waals surface area (Å²) in [5.74, 6) is 0.244. The van der Waals surface area contributed by atoms with Crippen molar-refractivity contribution in [2.75, 3.05) is 44.3 Å². The maximum atomic E-state index is 13.2. The molecule has 0 atom stereocenters. The Labute approximate surface area is 201 Å². The van der Waals surface area contributed by atoms with Gasteiger partial charge in [-0.2, -0.15) is 0 Å². The van der Waals surface area contributed by atoms with Crippen LogP contribution in [0.4, 0.5) is 11.4 Å². The molecule has 0 saturated carbocycles. The first kappa shape index (κ1) is 22.6. The van der Waals surface area contributed by atoms with Crippen molar-refractivity contribution in [2.24, 2.45) is 0 Å². The van der Waals surface area contributed by atoms with Crippen LogP contribution in [0.15, 0.2) is 36.4 Å². The number of benzene rings is 2. The van der Waals surface area contributed by atoms with Crippen molar-refractivity contribution in [3.05, 3.63) is 62.7 Å². The standard InChI is InChI=1S/C24H24ClN3O6/c25-17-2-4-22-18(14-17)21(29)15-24(34-22)5-7-27(8-6-24)23(30)16-1-3-19(20(13-16)28(31)32)26-9-11-33-12-10-26/h1-4,13-14H,5-12,15H2. The number of ether oxygens (including phenoxy) is 2. The Morgan fingerprint density at radius 1 is 1.06 bits per heavy atom. The van der Waals surface area contributed by atoms with Crippen LogP contribution in [-0.2, 0) is 4.74 Å². The Balaban J connectivity index is 1.30. The minimum absolute atomic E-state index is 0.0159. The van der Waals surface area contributed by atoms with Crippen molar-refractivity contribution in [2.45, 2.75) is 24.9 Å². The number of ketones is 1. The van der Waals surface area contributed by atoms with Gasteiger partial charge in [0.25, 0.3) is 11.6 Å². The molecular weight excluding hydrogens is 462 g/mol. The zero-order valence-corrected chi connectivity index (χ0v) is 19.3. The van der Waals surface area contributed by atoms with Gasteiger partial charge >= 0.3 is 0 Å². The van der Waals surface area contributed by atoms with Gasteiger partial charge in [0.1, 0.15) is 17.0 Å². The molecule has 3 aliphatic heterocycles. The van der Waals surface area contributed by atoms with Crippen LogP contribution in [0.5, 0.6) is 5.75 Å². The van der Waals surface area contributed by atoms with E-state index in [0.29, 0.717) is 74.3 Å². The van der Waals surface area contributed by atoms with Crippen LogP contribution in [-0.4, -0.2) is 66.5 Å². The fraction of sp³-hybridized carbons (Fsp3) is 0.417. The lowest BCUT2D eigenvalue weighted by Gasteiger charge is -2.44. The number of anilines is 1. The lowest BCUT2D eigenvalue weighted by molar-refractivity contribution is -0.384. The van der Waals surface area contributed by atoms with E-state index in [2.05, 4.69) is 0 Å². The Bertz CT molecular complexity index is 1160. The minimum Gasteiger partial charge on any atom is -0.486 e. The van der Waals surface area contributed by atoms with Gasteiger partial charge in [0.15, 0.2) is 5.78 Å². The fourth-order valence-corrected chi connectivity index (χ4v) is 5.09. The largest absolute Gasteiger partial charge is 0.486 e. The number of nitro groups is 1. The van der Waals surface area contributed by atoms with Crippen LogP contribution < -0.4 is 9.64 Å². The van der Waals surface area contributed by atoms with Crippen molar-refractivity contribution < 1.29 is 24.0 Å². The molecule has 3 heterocycles. The molecule has 1 amide bonds. The van der Waals surface area contributed by atoms with Crippen LogP contribution in [0.25, 0.3) is 0 Å². The van der Waals surface area contributed by atoms with E-state index in [9.17, 15) is 19.7 Å². The van der Waals surface area contributed by atoms with Crippen LogP contribution in [0, 0.1) is 10.1 Å². The second-order valence-corrected chi connectivity index (χ2v) is 9.31. The normalized spacial score (nSPS) is 19.5. The van der Waals surface area contributed by atoms with E-state index < -0.39 is 10.5 Å². The smallest absolute Gasteiger partial charge is 0.293 e. The van der Waals surface area contributed by atoms with Crippen molar-refractivity contribution in [3.63, 3.8) is 0 Å². The van der Waals surface area contributed by atoms with E-state index in [1.165, 1.54) is 6.07 Å². The molecule has 0 aromatic heterocycles. The summed E-state index contributed by atoms with van der Waals surface area (Å²) in [6.45, 7) is 2.94. The van der Waals surface area contributed by atoms with Crippen LogP contribution >= 0.6 is 11.6 Å². The van der Waals surface area contributed by atoms with Gasteiger partial charge in [0.2, 0.25) is 0 Å². The van der Waals surface area contributed by atoms with Crippen LogP contribution in [0.3, 0.4) is 0 Å². The highest BCUT2D eigenvalue weighted by atomic mass is 35.5. The highest BCUT2D eigenvalue weighted by Crippen LogP contribution is 2.40. The molecule has 0 radical (unpaired) electrons. The summed E-state index contributed by atoms with van der Waals surface area (Å²) in [5, 5.41) is 12.2. The van der Waals surface area contributed by atoms with E-state index in [1.807, 2.05) is 4.90 Å². The second kappa shape index (κ2) is 8.88. The topological polar surface area (TPSA) is 102 Å². The van der Waals surface area contributed by atoms with Crippen molar-refractivity contribution in [1.82, 2.24) is 4.90 Å². The number of halogens is 1. The summed E-state index contributed by atoms with van der Waals surface area (Å²) in [4.78, 5) is 40.8. The maximum Gasteiger partial charge on any atom is 0.293 e. The van der Waals surface area contributed by atoms with Crippen molar-refractivity contribution >= 4 is 34.7 Å². The fourth-order valence-electron chi connectivity index (χ4n) is 4.92. The molecule has 2 aromatic rings. The predicted octanol–water partition coefficient (Wildman–Crippen LogP) is 3.73. The molecular formula is C24H24ClN3O6. The highest BCUT2D eigenvalue weighted by molar-refractivity contribution is 6.31. The number of rotatable bonds is 3. The lowest BCUT2D eigenvalue weighted by Crippen LogP contribution is -2.52. The number of Topliss-reactive ketones (excluding diaryl/α,β-unsaturated/α-hetero) is 1. The van der Waals surface area contributed by atoms with E-state index in [4.69, 9.17) is 21.1 Å². The molecule has 0 unspecified atom stereocenters. The quantitative estimate of drug-likeness (QED) is 0.482. The number of hydrogen-bond acceptors (Lipinski definition) is 7. The summed E-state index contributed by atoms with van der Waals surface area (Å²) in [7, 11) is 0. The number of hydrogen-bond donors (Lipinski definition) is 0. The Hall–Kier alpha value is -3.17. The molecule has 0 bridgehead atoms. The monoisotopic (exact) mass is 485 g/mol. The van der Waals surface area contributed by atoms with Gasteiger partial charge in [-0.15, -0.1) is 0 Å². The second-order valence-electron chi connectivity index (χ2n) is 8.88. The molecule has 1 spiro atoms. The summed E-state index contributed by atoms with van der Waals surface area (Å²) >= 11 is 6.01. The third-order valence-corrected chi connectivity index (χ3v) is 7.02. The van der Waals surface area contributed by atoms with Gasteiger partial charge < -0.3 is 19.3 Å². The van der Waals surface area contributed by atoms with Gasteiger partial charge in [0, 0.05) is 55.7 Å². The Kier molecular flexibility index (Phi) is 5.91. The number of piperidine rings is 1. The first-order valence-corrected chi connectivity index (χ1v) is 11.7. The molecule has 9 nitrogen and oxygen atoms in total. The SMILES string of the molecule is O=C1CC2(CCN(C(=O)c3ccc(N4CCOCC4)c([N+](=O)[O-])c3)CC2)Oc2ccc(Cl)cc21. The van der Waals surface area contributed by atoms with Gasteiger partial charge in [-0.05, 0) is 30.3 Å². The molecule has 2 aromatic carbocycles. The molecule has 3 aliphatic rings. The Morgan fingerprint density at radius 3 is 2.50 bits per heavy atom. The number of amides is 1. The maximum absolute atomic E-state index is 13.2. The first-order valence-electron chi connectivity index (χ1n) is 11.3. The molecule has 0 aliphatic carbocycles. The van der Waals surface area contributed by atoms with Crippen LogP contribution in [0.1, 0.15) is 40.0 Å². The zero-order valence-electron chi connectivity index (χ0n) is 18.5. The number of fused-ring (bicyclic) bond motifs is 1. The van der Waals surface area contributed by atoms with Gasteiger partial charge in [-0.25, -0.2) is 0 Å². The number of carbonyl (C=O) groups is 2. The minimum atomic E-state index is -0.652. The van der Waals surface area contributed by atoms with Crippen molar-refractivity contribution in [3.8, 4) is 5.75 Å². The molecule has 10 heteroatoms. The molecule has 0 N–H and O–H groups in total. The zero-order chi connectivity index (χ0) is 23.9. The summed E-state index contributed by atoms with van der Waals surface area (Å²) in [5.41, 5.74) is 0.526. The van der Waals surface area contributed by atoms with E-state index in [1.54, 1.807) is 35.2 Å². The Morgan fingerprint density at radius 2 is 1.79 bits per heavy atom. The summed E-state index contributed by atoms with van der Waals surface area (Å²) in [6.07, 6.45) is 1.24. The first-order chi connectivity index (χ1) is 16.3. The number of likely N-dealkylation sites (tertiary alicyclic amines) is 1. The highest BCUT2D eigenvalue weighted by Gasteiger charge is 2.44. The average Bonchev–Trinajstić information content (AvgIpc) is 2.85. The number of morpholine rings is 1. The lowest BCUT2D eigenvalue weighted by atomic mass is 9.82. The van der Waals surface area contributed by atoms with Gasteiger partial charge in [0.05, 0.1) is 30.1 Å². The average molecular weight is 486 g/mol. The molecule has 2 saturated heterocycles.